The van der Waals surface area contributed by atoms with E-state index < -0.39 is 11.9 Å². The number of likely N-dealkylation sites (tertiary alicyclic amines) is 1. The monoisotopic (exact) mass is 794 g/mol. The van der Waals surface area contributed by atoms with Crippen LogP contribution in [0.2, 0.25) is 0 Å². The number of piperidine rings is 3. The molecule has 0 bridgehead atoms. The van der Waals surface area contributed by atoms with E-state index in [2.05, 4.69) is 81.8 Å². The van der Waals surface area contributed by atoms with Crippen LogP contribution in [0.4, 0.5) is 5.69 Å². The molecular weight excluding hydrogens is 741 g/mol. The fourth-order valence-corrected chi connectivity index (χ4v) is 11.4. The van der Waals surface area contributed by atoms with Crippen molar-refractivity contribution in [3.8, 4) is 11.5 Å². The van der Waals surface area contributed by atoms with Crippen LogP contribution >= 0.6 is 0 Å². The first-order valence-corrected chi connectivity index (χ1v) is 21.7. The summed E-state index contributed by atoms with van der Waals surface area (Å²) in [7, 11) is 1.89. The number of nitrogens with one attached hydrogen (secondary N) is 1. The molecule has 3 atom stereocenters. The molecule has 3 fully saturated rings. The van der Waals surface area contributed by atoms with Crippen LogP contribution in [-0.2, 0) is 32.7 Å². The topological polar surface area (TPSA) is 112 Å². The van der Waals surface area contributed by atoms with Crippen LogP contribution in [0.5, 0.6) is 11.5 Å². The number of hydrogen-bond acceptors (Lipinski definition) is 8. The molecule has 10 nitrogen and oxygen atoms in total. The SMILES string of the molecule is COC1(CCN2CCC3(CC2)COc2c3ccc3c2CN([C@H]2CCC(=O)NC2=O)C3=O)CCN(c2ccc([C@@H]3c4ccc(O)cc4CC[C@@H]3c3ccccc3)cc2)CC1. The highest BCUT2D eigenvalue weighted by molar-refractivity contribution is 6.05. The van der Waals surface area contributed by atoms with E-state index in [-0.39, 0.29) is 35.2 Å². The molecule has 306 valence electrons. The zero-order valence-electron chi connectivity index (χ0n) is 34.0. The molecule has 0 saturated carbocycles. The van der Waals surface area contributed by atoms with Crippen LogP contribution < -0.4 is 15.0 Å². The number of nitrogens with zero attached hydrogens (tertiary/aromatic N) is 3. The number of aryl methyl sites for hydroxylation is 1. The van der Waals surface area contributed by atoms with Crippen LogP contribution in [0.3, 0.4) is 0 Å². The molecule has 4 aromatic carbocycles. The summed E-state index contributed by atoms with van der Waals surface area (Å²) in [6.45, 7) is 5.83. The van der Waals surface area contributed by atoms with Gasteiger partial charge in [0.1, 0.15) is 17.5 Å². The van der Waals surface area contributed by atoms with Gasteiger partial charge in [-0.15, -0.1) is 0 Å². The van der Waals surface area contributed by atoms with E-state index in [4.69, 9.17) is 9.47 Å². The highest BCUT2D eigenvalue weighted by Gasteiger charge is 2.48. The van der Waals surface area contributed by atoms with Crippen molar-refractivity contribution in [1.82, 2.24) is 15.1 Å². The Hall–Kier alpha value is -5.19. The van der Waals surface area contributed by atoms with Gasteiger partial charge in [0.25, 0.3) is 5.91 Å². The Morgan fingerprint density at radius 3 is 2.37 bits per heavy atom. The van der Waals surface area contributed by atoms with Crippen LogP contribution in [0, 0.1) is 0 Å². The Labute approximate surface area is 346 Å². The van der Waals surface area contributed by atoms with Gasteiger partial charge in [-0.3, -0.25) is 19.7 Å². The first-order chi connectivity index (χ1) is 28.7. The number of carbonyl (C=O) groups excluding carboxylic acids is 3. The second-order valence-electron chi connectivity index (χ2n) is 17.9. The lowest BCUT2D eigenvalue weighted by Gasteiger charge is -2.44. The standard InChI is InChI=1S/C49H54N4O6/c1-58-49(21-26-51-24-19-48(20-25-51)31-59-45-40-30-53(42-17-18-43(55)50-46(42)56)47(57)39(40)15-16-41(45)48)22-27-52(28-23-49)35-10-7-33(8-11-35)44-37(32-5-3-2-4-6-32)13-9-34-29-36(54)12-14-38(34)44/h2-8,10-12,14-16,29,37,42,44,54H,9,13,17-28,30-31H2,1H3,(H,50,55,56)/t37-,42+,44+/m1/s1. The first kappa shape index (κ1) is 38.0. The number of aromatic hydroxyl groups is 1. The molecule has 1 spiro atoms. The summed E-state index contributed by atoms with van der Waals surface area (Å²) in [5.74, 6) is 0.967. The third-order valence-corrected chi connectivity index (χ3v) is 15.0. The maximum Gasteiger partial charge on any atom is 0.255 e. The molecule has 0 radical (unpaired) electrons. The van der Waals surface area contributed by atoms with Gasteiger partial charge in [-0.2, -0.15) is 0 Å². The second kappa shape index (κ2) is 15.1. The Kier molecular flexibility index (Phi) is 9.75. The average molecular weight is 795 g/mol. The molecule has 0 unspecified atom stereocenters. The number of phenolic OH excluding ortho intramolecular Hbond substituents is 1. The Morgan fingerprint density at radius 2 is 1.63 bits per heavy atom. The van der Waals surface area contributed by atoms with E-state index in [1.807, 2.05) is 25.3 Å². The van der Waals surface area contributed by atoms with Gasteiger partial charge in [-0.1, -0.05) is 54.6 Å². The lowest BCUT2D eigenvalue weighted by Crippen LogP contribution is -2.52. The number of amides is 3. The van der Waals surface area contributed by atoms with Crippen LogP contribution in [0.1, 0.15) is 107 Å². The normalized spacial score (nSPS) is 24.7. The van der Waals surface area contributed by atoms with E-state index in [9.17, 15) is 19.5 Å². The Morgan fingerprint density at radius 1 is 0.847 bits per heavy atom. The van der Waals surface area contributed by atoms with Crippen molar-refractivity contribution in [2.45, 2.75) is 93.2 Å². The molecular formula is C49H54N4O6. The summed E-state index contributed by atoms with van der Waals surface area (Å²) in [4.78, 5) is 44.5. The summed E-state index contributed by atoms with van der Waals surface area (Å²) in [6, 6.07) is 29.5. The number of carbonyl (C=O) groups is 3. The first-order valence-electron chi connectivity index (χ1n) is 21.7. The van der Waals surface area contributed by atoms with Crippen LogP contribution in [0.15, 0.2) is 84.9 Å². The summed E-state index contributed by atoms with van der Waals surface area (Å²) in [5.41, 5.74) is 9.01. The zero-order chi connectivity index (χ0) is 40.3. The molecule has 4 aromatic rings. The predicted octanol–water partition coefficient (Wildman–Crippen LogP) is 6.82. The third kappa shape index (κ3) is 6.78. The maximum absolute atomic E-state index is 13.4. The molecule has 0 aromatic heterocycles. The lowest BCUT2D eigenvalue weighted by molar-refractivity contribution is -0.136. The minimum absolute atomic E-state index is 0.0718. The van der Waals surface area contributed by atoms with Crippen LogP contribution in [0.25, 0.3) is 0 Å². The Bertz CT molecular complexity index is 2260. The molecule has 10 rings (SSSR count). The van der Waals surface area contributed by atoms with Gasteiger partial charge in [0, 0.05) is 66.9 Å². The second-order valence-corrected chi connectivity index (χ2v) is 17.9. The van der Waals surface area contributed by atoms with Gasteiger partial charge in [0.05, 0.1) is 18.8 Å². The molecule has 10 heteroatoms. The number of phenols is 1. The number of rotatable bonds is 8. The number of benzene rings is 4. The minimum atomic E-state index is -0.631. The van der Waals surface area contributed by atoms with Gasteiger partial charge >= 0.3 is 0 Å². The number of ether oxygens (including phenoxy) is 2. The van der Waals surface area contributed by atoms with Gasteiger partial charge in [0.2, 0.25) is 11.8 Å². The molecule has 3 amide bonds. The highest BCUT2D eigenvalue weighted by atomic mass is 16.5. The molecule has 2 N–H and O–H groups in total. The van der Waals surface area contributed by atoms with Crippen molar-refractivity contribution >= 4 is 23.4 Å². The minimum Gasteiger partial charge on any atom is -0.508 e. The molecule has 59 heavy (non-hydrogen) atoms. The van der Waals surface area contributed by atoms with Gasteiger partial charge in [-0.05, 0) is 123 Å². The van der Waals surface area contributed by atoms with E-state index in [0.29, 0.717) is 36.8 Å². The van der Waals surface area contributed by atoms with Crippen molar-refractivity contribution in [2.75, 3.05) is 51.3 Å². The molecule has 5 heterocycles. The maximum atomic E-state index is 13.4. The number of hydrogen-bond donors (Lipinski definition) is 2. The van der Waals surface area contributed by atoms with Crippen molar-refractivity contribution in [2.24, 2.45) is 0 Å². The fourth-order valence-electron chi connectivity index (χ4n) is 11.4. The van der Waals surface area contributed by atoms with Crippen LogP contribution in [-0.4, -0.2) is 90.7 Å². The molecule has 5 aliphatic heterocycles. The largest absolute Gasteiger partial charge is 0.508 e. The number of methoxy groups -OCH3 is 1. The summed E-state index contributed by atoms with van der Waals surface area (Å²) in [6.07, 6.45) is 7.58. The summed E-state index contributed by atoms with van der Waals surface area (Å²) < 4.78 is 12.8. The number of anilines is 1. The van der Waals surface area contributed by atoms with Crippen molar-refractivity contribution in [1.29, 1.82) is 0 Å². The van der Waals surface area contributed by atoms with E-state index >= 15 is 0 Å². The molecule has 6 aliphatic rings. The zero-order valence-corrected chi connectivity index (χ0v) is 34.0. The fraction of sp³-hybridized carbons (Fsp3) is 0.449. The number of fused-ring (bicyclic) bond motifs is 5. The third-order valence-electron chi connectivity index (χ3n) is 15.0. The highest BCUT2D eigenvalue weighted by Crippen LogP contribution is 2.50. The van der Waals surface area contributed by atoms with Crippen molar-refractivity contribution < 1.29 is 29.0 Å². The lowest BCUT2D eigenvalue weighted by atomic mass is 9.69. The van der Waals surface area contributed by atoms with Gasteiger partial charge in [-0.25, -0.2) is 0 Å². The van der Waals surface area contributed by atoms with E-state index in [1.54, 1.807) is 4.90 Å². The predicted molar refractivity (Wildman–Crippen MR) is 225 cm³/mol. The van der Waals surface area contributed by atoms with Crippen molar-refractivity contribution in [3.63, 3.8) is 0 Å². The van der Waals surface area contributed by atoms with E-state index in [1.165, 1.54) is 33.5 Å². The molecule has 1 aliphatic carbocycles. The molecule has 3 saturated heterocycles. The van der Waals surface area contributed by atoms with E-state index in [0.717, 1.165) is 89.0 Å². The summed E-state index contributed by atoms with van der Waals surface area (Å²) >= 11 is 0. The average Bonchev–Trinajstić information content (AvgIpc) is 3.80. The van der Waals surface area contributed by atoms with Crippen molar-refractivity contribution in [3.05, 3.63) is 124 Å². The summed E-state index contributed by atoms with van der Waals surface area (Å²) in [5, 5.41) is 12.7. The Balaban J connectivity index is 0.756. The van der Waals surface area contributed by atoms with Gasteiger partial charge in [0.15, 0.2) is 0 Å². The quantitative estimate of drug-likeness (QED) is 0.187. The van der Waals surface area contributed by atoms with Gasteiger partial charge < -0.3 is 29.3 Å². The number of imide groups is 1. The smallest absolute Gasteiger partial charge is 0.255 e.